The van der Waals surface area contributed by atoms with Crippen LogP contribution >= 0.6 is 0 Å². The molecule has 7 heteroatoms. The van der Waals surface area contributed by atoms with E-state index in [0.717, 1.165) is 15.1 Å². The number of fused-ring (bicyclic) bond motifs is 1. The Labute approximate surface area is 158 Å². The molecule has 6 nitrogen and oxygen atoms in total. The summed E-state index contributed by atoms with van der Waals surface area (Å²) in [5.74, 6) is 0.525. The predicted molar refractivity (Wildman–Crippen MR) is 107 cm³/mol. The minimum absolute atomic E-state index is 0.0912. The van der Waals surface area contributed by atoms with Crippen LogP contribution in [-0.2, 0) is 10.0 Å². The quantitative estimate of drug-likeness (QED) is 0.682. The minimum atomic E-state index is -3.60. The van der Waals surface area contributed by atoms with Crippen molar-refractivity contribution in [2.75, 3.05) is 21.2 Å². The summed E-state index contributed by atoms with van der Waals surface area (Å²) in [5.41, 5.74) is 0.906. The molecule has 0 amide bonds. The van der Waals surface area contributed by atoms with E-state index in [1.54, 1.807) is 12.1 Å². The summed E-state index contributed by atoms with van der Waals surface area (Å²) in [4.78, 5) is 4.51. The van der Waals surface area contributed by atoms with Gasteiger partial charge in [-0.15, -0.1) is 0 Å². The number of aliphatic imine (C=N–C) groups is 1. The number of phenols is 1. The Morgan fingerprint density at radius 3 is 2.52 bits per heavy atom. The molecule has 3 rings (SSSR count). The second kappa shape index (κ2) is 7.38. The summed E-state index contributed by atoms with van der Waals surface area (Å²) in [7, 11) is 0.832. The van der Waals surface area contributed by atoms with Crippen LogP contribution in [0.25, 0.3) is 10.8 Å². The van der Waals surface area contributed by atoms with Gasteiger partial charge in [-0.1, -0.05) is 30.3 Å². The highest BCUT2D eigenvalue weighted by Gasteiger charge is 2.19. The number of rotatable bonds is 5. The van der Waals surface area contributed by atoms with Gasteiger partial charge in [-0.05, 0) is 35.0 Å². The molecule has 0 saturated carbocycles. The predicted octanol–water partition coefficient (Wildman–Crippen LogP) is 3.55. The average Bonchev–Trinajstić information content (AvgIpc) is 2.66. The van der Waals surface area contributed by atoms with E-state index in [0.29, 0.717) is 17.0 Å². The van der Waals surface area contributed by atoms with Gasteiger partial charge in [-0.25, -0.2) is 12.7 Å². The van der Waals surface area contributed by atoms with E-state index in [-0.39, 0.29) is 10.6 Å². The molecule has 140 valence electrons. The number of aromatic hydroxyl groups is 1. The van der Waals surface area contributed by atoms with Crippen molar-refractivity contribution in [2.45, 2.75) is 4.90 Å². The van der Waals surface area contributed by atoms with E-state index in [2.05, 4.69) is 4.99 Å². The molecule has 0 radical (unpaired) electrons. The van der Waals surface area contributed by atoms with Gasteiger partial charge in [-0.2, -0.15) is 0 Å². The normalized spacial score (nSPS) is 12.1. The minimum Gasteiger partial charge on any atom is -0.507 e. The summed E-state index contributed by atoms with van der Waals surface area (Å²) in [5, 5.41) is 12.1. The van der Waals surface area contributed by atoms with Gasteiger partial charge in [0.1, 0.15) is 17.2 Å². The van der Waals surface area contributed by atoms with E-state index in [1.165, 1.54) is 39.6 Å². The fourth-order valence-electron chi connectivity index (χ4n) is 2.70. The summed E-state index contributed by atoms with van der Waals surface area (Å²) in [6.07, 6.45) is 1.52. The first-order valence-electron chi connectivity index (χ1n) is 8.20. The number of hydrogen-bond acceptors (Lipinski definition) is 5. The zero-order valence-corrected chi connectivity index (χ0v) is 16.1. The molecule has 3 aromatic rings. The first-order chi connectivity index (χ1) is 12.8. The Balaban J connectivity index is 2.12. The molecule has 0 fully saturated rings. The molecular formula is C20H20N2O4S. The molecule has 27 heavy (non-hydrogen) atoms. The van der Waals surface area contributed by atoms with E-state index in [1.807, 2.05) is 30.3 Å². The summed E-state index contributed by atoms with van der Waals surface area (Å²) in [6, 6.07) is 15.5. The molecule has 3 aromatic carbocycles. The average molecular weight is 384 g/mol. The fourth-order valence-corrected chi connectivity index (χ4v) is 3.62. The smallest absolute Gasteiger partial charge is 0.242 e. The van der Waals surface area contributed by atoms with Crippen molar-refractivity contribution in [3.05, 3.63) is 60.2 Å². The molecule has 0 heterocycles. The molecule has 0 aliphatic carbocycles. The lowest BCUT2D eigenvalue weighted by Gasteiger charge is -2.13. The van der Waals surface area contributed by atoms with Crippen LogP contribution in [0.4, 0.5) is 5.69 Å². The van der Waals surface area contributed by atoms with Crippen LogP contribution in [0.5, 0.6) is 11.5 Å². The second-order valence-corrected chi connectivity index (χ2v) is 8.25. The van der Waals surface area contributed by atoms with Gasteiger partial charge in [-0.3, -0.25) is 4.99 Å². The van der Waals surface area contributed by atoms with E-state index < -0.39 is 10.0 Å². The highest BCUT2D eigenvalue weighted by Crippen LogP contribution is 2.32. The van der Waals surface area contributed by atoms with Gasteiger partial charge in [0.15, 0.2) is 0 Å². The largest absolute Gasteiger partial charge is 0.507 e. The Morgan fingerprint density at radius 1 is 1.07 bits per heavy atom. The van der Waals surface area contributed by atoms with Crippen molar-refractivity contribution in [3.8, 4) is 11.5 Å². The lowest BCUT2D eigenvalue weighted by molar-refractivity contribution is 0.416. The number of phenolic OH excluding ortho intramolecular Hbond substituents is 1. The summed E-state index contributed by atoms with van der Waals surface area (Å²) in [6.45, 7) is 0. The number of ether oxygens (including phenoxy) is 1. The standard InChI is InChI=1S/C20H20N2O4S/c1-22(2)27(24,25)15-9-11-20(26-3)18(12-15)21-13-17-16-7-5-4-6-14(16)8-10-19(17)23/h4-13,23H,1-3H3. The van der Waals surface area contributed by atoms with Gasteiger partial charge in [0.2, 0.25) is 10.0 Å². The van der Waals surface area contributed by atoms with Gasteiger partial charge in [0.05, 0.1) is 12.0 Å². The van der Waals surface area contributed by atoms with Crippen LogP contribution in [0, 0.1) is 0 Å². The second-order valence-electron chi connectivity index (χ2n) is 6.10. The number of sulfonamides is 1. The Hall–Kier alpha value is -2.90. The van der Waals surface area contributed by atoms with Crippen molar-refractivity contribution in [2.24, 2.45) is 4.99 Å². The number of benzene rings is 3. The molecule has 0 atom stereocenters. The number of methoxy groups -OCH3 is 1. The highest BCUT2D eigenvalue weighted by atomic mass is 32.2. The van der Waals surface area contributed by atoms with Crippen LogP contribution < -0.4 is 4.74 Å². The zero-order valence-electron chi connectivity index (χ0n) is 15.2. The maximum atomic E-state index is 12.4. The molecule has 0 aliphatic heterocycles. The molecule has 0 spiro atoms. The van der Waals surface area contributed by atoms with E-state index >= 15 is 0 Å². The van der Waals surface area contributed by atoms with Crippen LogP contribution in [-0.4, -0.2) is 45.2 Å². The maximum absolute atomic E-state index is 12.4. The molecule has 0 bridgehead atoms. The van der Waals surface area contributed by atoms with Gasteiger partial charge in [0.25, 0.3) is 0 Å². The topological polar surface area (TPSA) is 79.2 Å². The van der Waals surface area contributed by atoms with Crippen molar-refractivity contribution in [1.29, 1.82) is 0 Å². The first-order valence-corrected chi connectivity index (χ1v) is 9.64. The summed E-state index contributed by atoms with van der Waals surface area (Å²) < 4.78 is 31.2. The fraction of sp³-hybridized carbons (Fsp3) is 0.150. The lowest BCUT2D eigenvalue weighted by atomic mass is 10.0. The van der Waals surface area contributed by atoms with Crippen molar-refractivity contribution >= 4 is 32.7 Å². The molecule has 0 aromatic heterocycles. The first kappa shape index (κ1) is 18.9. The van der Waals surface area contributed by atoms with Crippen LogP contribution in [0.1, 0.15) is 5.56 Å². The van der Waals surface area contributed by atoms with Gasteiger partial charge < -0.3 is 9.84 Å². The third-order valence-corrected chi connectivity index (χ3v) is 6.02. The maximum Gasteiger partial charge on any atom is 0.242 e. The van der Waals surface area contributed by atoms with Crippen LogP contribution in [0.3, 0.4) is 0 Å². The molecule has 0 unspecified atom stereocenters. The molecule has 0 aliphatic rings. The number of nitrogens with zero attached hydrogens (tertiary/aromatic N) is 2. The third kappa shape index (κ3) is 3.65. The van der Waals surface area contributed by atoms with Crippen LogP contribution in [0.2, 0.25) is 0 Å². The van der Waals surface area contributed by atoms with Crippen molar-refractivity contribution < 1.29 is 18.3 Å². The van der Waals surface area contributed by atoms with E-state index in [4.69, 9.17) is 4.74 Å². The molecular weight excluding hydrogens is 364 g/mol. The number of hydrogen-bond donors (Lipinski definition) is 1. The summed E-state index contributed by atoms with van der Waals surface area (Å²) >= 11 is 0. The molecule has 1 N–H and O–H groups in total. The Kier molecular flexibility index (Phi) is 5.16. The van der Waals surface area contributed by atoms with Crippen LogP contribution in [0.15, 0.2) is 64.5 Å². The lowest BCUT2D eigenvalue weighted by Crippen LogP contribution is -2.22. The van der Waals surface area contributed by atoms with Crippen molar-refractivity contribution in [1.82, 2.24) is 4.31 Å². The van der Waals surface area contributed by atoms with Gasteiger partial charge >= 0.3 is 0 Å². The Bertz CT molecular complexity index is 1120. The third-order valence-electron chi connectivity index (χ3n) is 4.21. The van der Waals surface area contributed by atoms with E-state index in [9.17, 15) is 13.5 Å². The zero-order chi connectivity index (χ0) is 19.6. The molecule has 0 saturated heterocycles. The monoisotopic (exact) mass is 384 g/mol. The van der Waals surface area contributed by atoms with Gasteiger partial charge in [0, 0.05) is 25.9 Å². The highest BCUT2D eigenvalue weighted by molar-refractivity contribution is 7.89. The van der Waals surface area contributed by atoms with Crippen molar-refractivity contribution in [3.63, 3.8) is 0 Å². The SMILES string of the molecule is COc1ccc(S(=O)(=O)N(C)C)cc1N=Cc1c(O)ccc2ccccc12. The Morgan fingerprint density at radius 2 is 1.81 bits per heavy atom.